The molecule has 1 saturated carbocycles. The number of hydrogen-bond acceptors (Lipinski definition) is 9. The van der Waals surface area contributed by atoms with Crippen LogP contribution in [0.1, 0.15) is 50.8 Å². The van der Waals surface area contributed by atoms with Crippen LogP contribution < -0.4 is 15.5 Å². The second-order valence-corrected chi connectivity index (χ2v) is 10.5. The number of carbonyl (C=O) groups is 1. The number of anilines is 2. The highest BCUT2D eigenvalue weighted by molar-refractivity contribution is 5.79. The lowest BCUT2D eigenvalue weighted by Gasteiger charge is -2.32. The van der Waals surface area contributed by atoms with Gasteiger partial charge in [0.25, 0.3) is 6.43 Å². The third-order valence-corrected chi connectivity index (χ3v) is 7.89. The van der Waals surface area contributed by atoms with Gasteiger partial charge in [0.05, 0.1) is 24.2 Å². The van der Waals surface area contributed by atoms with Crippen molar-refractivity contribution in [2.75, 3.05) is 49.7 Å². The second-order valence-electron chi connectivity index (χ2n) is 10.5. The van der Waals surface area contributed by atoms with Crippen molar-refractivity contribution in [2.24, 2.45) is 5.92 Å². The molecular weight excluding hydrogens is 522 g/mol. The fourth-order valence-electron chi connectivity index (χ4n) is 5.67. The van der Waals surface area contributed by atoms with E-state index >= 15 is 0 Å². The molecule has 0 unspecified atom stereocenters. The SMILES string of the molecule is O=C(NC1CCC(Nc2nc(N3CCOCC3)nc(-n3c(C(F)F)nc4ccccc43)n2)CC1)C1CCOCC1. The Hall–Kier alpha value is -3.45. The summed E-state index contributed by atoms with van der Waals surface area (Å²) in [5.41, 5.74) is 0.949. The highest BCUT2D eigenvalue weighted by atomic mass is 19.3. The molecular formula is C27H34F2N8O3. The number of para-hydroxylation sites is 2. The smallest absolute Gasteiger partial charge is 0.296 e. The molecule has 4 heterocycles. The molecule has 6 rings (SSSR count). The predicted molar refractivity (Wildman–Crippen MR) is 144 cm³/mol. The Morgan fingerprint density at radius 1 is 0.850 bits per heavy atom. The number of nitrogens with zero attached hydrogens (tertiary/aromatic N) is 6. The number of rotatable bonds is 7. The predicted octanol–water partition coefficient (Wildman–Crippen LogP) is 3.25. The van der Waals surface area contributed by atoms with Crippen LogP contribution in [-0.2, 0) is 14.3 Å². The summed E-state index contributed by atoms with van der Waals surface area (Å²) in [5, 5.41) is 6.65. The topological polar surface area (TPSA) is 119 Å². The van der Waals surface area contributed by atoms with Gasteiger partial charge in [-0.15, -0.1) is 0 Å². The van der Waals surface area contributed by atoms with E-state index in [1.54, 1.807) is 24.3 Å². The number of amides is 1. The monoisotopic (exact) mass is 556 g/mol. The van der Waals surface area contributed by atoms with Gasteiger partial charge < -0.3 is 25.0 Å². The molecule has 3 aliphatic rings. The van der Waals surface area contributed by atoms with Gasteiger partial charge in [-0.2, -0.15) is 15.0 Å². The number of benzene rings is 1. The van der Waals surface area contributed by atoms with Crippen molar-refractivity contribution in [3.8, 4) is 5.95 Å². The summed E-state index contributed by atoms with van der Waals surface area (Å²) in [7, 11) is 0. The average Bonchev–Trinajstić information content (AvgIpc) is 3.39. The van der Waals surface area contributed by atoms with Crippen LogP contribution in [0.25, 0.3) is 17.0 Å². The lowest BCUT2D eigenvalue weighted by molar-refractivity contribution is -0.128. The van der Waals surface area contributed by atoms with E-state index in [-0.39, 0.29) is 29.9 Å². The van der Waals surface area contributed by atoms with Crippen LogP contribution in [0.4, 0.5) is 20.7 Å². The molecule has 3 fully saturated rings. The second kappa shape index (κ2) is 12.0. The largest absolute Gasteiger partial charge is 0.381 e. The zero-order valence-electron chi connectivity index (χ0n) is 22.3. The van der Waals surface area contributed by atoms with E-state index in [4.69, 9.17) is 9.47 Å². The number of ether oxygens (including phenoxy) is 2. The first-order chi connectivity index (χ1) is 19.5. The van der Waals surface area contributed by atoms with Gasteiger partial charge in [0, 0.05) is 44.3 Å². The van der Waals surface area contributed by atoms with Gasteiger partial charge in [-0.25, -0.2) is 13.8 Å². The normalized spacial score (nSPS) is 22.5. The molecule has 3 aromatic rings. The fourth-order valence-corrected chi connectivity index (χ4v) is 5.67. The van der Waals surface area contributed by atoms with Gasteiger partial charge >= 0.3 is 0 Å². The Balaban J connectivity index is 1.22. The standard InChI is InChI=1S/C27H34F2N8O3/c28-22(29)23-32-20-3-1-2-4-21(20)37(23)27-34-25(33-26(35-27)36-11-15-40-16-12-36)31-19-7-5-18(6-8-19)30-24(38)17-9-13-39-14-10-17/h1-4,17-19,22H,5-16H2,(H,30,38)(H,31,33,34,35). The molecule has 0 bridgehead atoms. The molecule has 1 aromatic carbocycles. The number of carbonyl (C=O) groups excluding carboxylic acids is 1. The molecule has 40 heavy (non-hydrogen) atoms. The Morgan fingerprint density at radius 2 is 1.52 bits per heavy atom. The lowest BCUT2D eigenvalue weighted by Crippen LogP contribution is -2.44. The number of alkyl halides is 2. The van der Waals surface area contributed by atoms with Crippen molar-refractivity contribution < 1.29 is 23.0 Å². The van der Waals surface area contributed by atoms with Crippen molar-refractivity contribution in [3.05, 3.63) is 30.1 Å². The molecule has 214 valence electrons. The first kappa shape index (κ1) is 26.8. The number of aromatic nitrogens is 5. The highest BCUT2D eigenvalue weighted by Crippen LogP contribution is 2.29. The van der Waals surface area contributed by atoms with E-state index in [2.05, 4.69) is 30.6 Å². The van der Waals surface area contributed by atoms with Crippen molar-refractivity contribution in [2.45, 2.75) is 57.0 Å². The number of fused-ring (bicyclic) bond motifs is 1. The molecule has 2 aliphatic heterocycles. The maximum Gasteiger partial charge on any atom is 0.296 e. The van der Waals surface area contributed by atoms with Crippen molar-refractivity contribution in [3.63, 3.8) is 0 Å². The van der Waals surface area contributed by atoms with Crippen LogP contribution in [0.5, 0.6) is 0 Å². The summed E-state index contributed by atoms with van der Waals surface area (Å²) in [4.78, 5) is 32.7. The van der Waals surface area contributed by atoms with Crippen molar-refractivity contribution in [1.29, 1.82) is 0 Å². The maximum absolute atomic E-state index is 14.1. The number of halogens is 2. The third kappa shape index (κ3) is 5.85. The Kier molecular flexibility index (Phi) is 8.00. The first-order valence-corrected chi connectivity index (χ1v) is 14.0. The zero-order chi connectivity index (χ0) is 27.5. The molecule has 0 radical (unpaired) electrons. The fraction of sp³-hybridized carbons (Fsp3) is 0.593. The molecule has 1 aliphatic carbocycles. The van der Waals surface area contributed by atoms with Crippen LogP contribution in [0.3, 0.4) is 0 Å². The Labute approximate surface area is 230 Å². The molecule has 0 atom stereocenters. The summed E-state index contributed by atoms with van der Waals surface area (Å²) in [5.74, 6) is 0.585. The van der Waals surface area contributed by atoms with E-state index < -0.39 is 12.2 Å². The molecule has 11 nitrogen and oxygen atoms in total. The van der Waals surface area contributed by atoms with E-state index in [0.717, 1.165) is 38.5 Å². The zero-order valence-corrected chi connectivity index (χ0v) is 22.3. The minimum Gasteiger partial charge on any atom is -0.381 e. The van der Waals surface area contributed by atoms with Crippen LogP contribution in [0.15, 0.2) is 24.3 Å². The molecule has 2 saturated heterocycles. The van der Waals surface area contributed by atoms with Gasteiger partial charge in [-0.05, 0) is 50.7 Å². The highest BCUT2D eigenvalue weighted by Gasteiger charge is 2.28. The number of imidazole rings is 1. The molecule has 1 amide bonds. The first-order valence-electron chi connectivity index (χ1n) is 14.0. The summed E-state index contributed by atoms with van der Waals surface area (Å²) in [6.45, 7) is 3.53. The Morgan fingerprint density at radius 3 is 2.27 bits per heavy atom. The van der Waals surface area contributed by atoms with Crippen LogP contribution in [-0.4, -0.2) is 82.0 Å². The van der Waals surface area contributed by atoms with Crippen LogP contribution in [0.2, 0.25) is 0 Å². The number of nitrogens with one attached hydrogen (secondary N) is 2. The minimum atomic E-state index is -2.81. The van der Waals surface area contributed by atoms with E-state index in [0.29, 0.717) is 62.4 Å². The average molecular weight is 557 g/mol. The quantitative estimate of drug-likeness (QED) is 0.452. The minimum absolute atomic E-state index is 0.0317. The summed E-state index contributed by atoms with van der Waals surface area (Å²) < 4.78 is 40.4. The van der Waals surface area contributed by atoms with E-state index in [1.165, 1.54) is 4.57 Å². The number of morpholine rings is 1. The molecule has 0 spiro atoms. The van der Waals surface area contributed by atoms with Crippen LogP contribution >= 0.6 is 0 Å². The number of hydrogen-bond donors (Lipinski definition) is 2. The maximum atomic E-state index is 14.1. The van der Waals surface area contributed by atoms with Gasteiger partial charge in [-0.3, -0.25) is 9.36 Å². The van der Waals surface area contributed by atoms with Gasteiger partial charge in [0.1, 0.15) is 0 Å². The summed E-state index contributed by atoms with van der Waals surface area (Å²) in [6.07, 6.45) is 2.06. The van der Waals surface area contributed by atoms with Crippen molar-refractivity contribution >= 4 is 28.8 Å². The van der Waals surface area contributed by atoms with E-state index in [9.17, 15) is 13.6 Å². The van der Waals surface area contributed by atoms with Crippen molar-refractivity contribution in [1.82, 2.24) is 29.8 Å². The third-order valence-electron chi connectivity index (χ3n) is 7.89. The van der Waals surface area contributed by atoms with Gasteiger partial charge in [0.15, 0.2) is 5.82 Å². The van der Waals surface area contributed by atoms with Gasteiger partial charge in [0.2, 0.25) is 23.8 Å². The summed E-state index contributed by atoms with van der Waals surface area (Å²) >= 11 is 0. The Bertz CT molecular complexity index is 1320. The molecule has 2 aromatic heterocycles. The van der Waals surface area contributed by atoms with Crippen LogP contribution in [0, 0.1) is 5.92 Å². The van der Waals surface area contributed by atoms with E-state index in [1.807, 2.05) is 4.90 Å². The molecule has 2 N–H and O–H groups in total. The summed E-state index contributed by atoms with van der Waals surface area (Å²) in [6, 6.07) is 7.18. The molecule has 13 heteroatoms. The van der Waals surface area contributed by atoms with Gasteiger partial charge in [-0.1, -0.05) is 12.1 Å². The lowest BCUT2D eigenvalue weighted by atomic mass is 9.90.